The van der Waals surface area contributed by atoms with Crippen LogP contribution in [0.5, 0.6) is 0 Å². The van der Waals surface area contributed by atoms with Crippen LogP contribution in [-0.4, -0.2) is 51.7 Å². The lowest BCUT2D eigenvalue weighted by Crippen LogP contribution is -2.59. The number of hydrogen-bond acceptors (Lipinski definition) is 5. The summed E-state index contributed by atoms with van der Waals surface area (Å²) < 4.78 is 13.8. The van der Waals surface area contributed by atoms with Crippen LogP contribution in [0, 0.1) is 11.2 Å². The molecule has 150 valence electrons. The minimum absolute atomic E-state index is 0.00962. The zero-order valence-corrected chi connectivity index (χ0v) is 16.7. The Morgan fingerprint density at radius 1 is 1.29 bits per heavy atom. The molecule has 9 heteroatoms. The van der Waals surface area contributed by atoms with E-state index < -0.39 is 11.9 Å². The first-order chi connectivity index (χ1) is 13.1. The average Bonchev–Trinajstić information content (AvgIpc) is 2.64. The Morgan fingerprint density at radius 3 is 2.57 bits per heavy atom. The predicted molar refractivity (Wildman–Crippen MR) is 107 cm³/mol. The Morgan fingerprint density at radius 2 is 1.96 bits per heavy atom. The van der Waals surface area contributed by atoms with Gasteiger partial charge in [0.05, 0.1) is 12.2 Å². The zero-order chi connectivity index (χ0) is 20.5. The standard InChI is InChI=1S/C19H23ClFN5O2/c1-19(2,3)15-11-25(18(27)28)8-9-26(15)13-6-4-12(5-7-13)23-16-14(21)10-22-17(20)24-16/h4-7,10,15H,8-9,11H2,1-3H3,(H,27,28)(H,22,23,24). The summed E-state index contributed by atoms with van der Waals surface area (Å²) in [5.74, 6) is -0.582. The summed E-state index contributed by atoms with van der Waals surface area (Å²) >= 11 is 5.72. The number of anilines is 3. The molecule has 2 heterocycles. The number of nitrogens with zero attached hydrogens (tertiary/aromatic N) is 4. The van der Waals surface area contributed by atoms with Crippen LogP contribution < -0.4 is 10.2 Å². The minimum atomic E-state index is -0.890. The van der Waals surface area contributed by atoms with E-state index in [0.29, 0.717) is 25.3 Å². The van der Waals surface area contributed by atoms with Gasteiger partial charge in [-0.05, 0) is 41.3 Å². The van der Waals surface area contributed by atoms with Crippen molar-refractivity contribution in [2.45, 2.75) is 26.8 Å². The van der Waals surface area contributed by atoms with E-state index in [1.165, 1.54) is 4.90 Å². The summed E-state index contributed by atoms with van der Waals surface area (Å²) in [4.78, 5) is 22.5. The number of piperazine rings is 1. The van der Waals surface area contributed by atoms with E-state index >= 15 is 0 Å². The van der Waals surface area contributed by atoms with Crippen molar-refractivity contribution in [2.75, 3.05) is 29.9 Å². The Labute approximate surface area is 168 Å². The number of halogens is 2. The fourth-order valence-electron chi connectivity index (χ4n) is 3.31. The molecule has 1 amide bonds. The first kappa shape index (κ1) is 20.1. The number of rotatable bonds is 3. The summed E-state index contributed by atoms with van der Waals surface area (Å²) in [6, 6.07) is 7.55. The number of hydrogen-bond donors (Lipinski definition) is 2. The van der Waals surface area contributed by atoms with Gasteiger partial charge in [0.1, 0.15) is 0 Å². The van der Waals surface area contributed by atoms with Gasteiger partial charge in [-0.25, -0.2) is 14.2 Å². The fourth-order valence-corrected chi connectivity index (χ4v) is 3.45. The van der Waals surface area contributed by atoms with Crippen molar-refractivity contribution in [2.24, 2.45) is 5.41 Å². The molecule has 0 bridgehead atoms. The molecule has 2 aromatic rings. The van der Waals surface area contributed by atoms with Gasteiger partial charge >= 0.3 is 6.09 Å². The molecule has 1 aliphatic heterocycles. The molecule has 0 aliphatic carbocycles. The second-order valence-electron chi connectivity index (χ2n) is 7.81. The molecule has 1 aliphatic rings. The molecule has 1 atom stereocenters. The maximum atomic E-state index is 13.8. The first-order valence-electron chi connectivity index (χ1n) is 8.95. The molecule has 0 radical (unpaired) electrons. The lowest BCUT2D eigenvalue weighted by atomic mass is 9.84. The highest BCUT2D eigenvalue weighted by molar-refractivity contribution is 6.28. The van der Waals surface area contributed by atoms with E-state index in [4.69, 9.17) is 11.6 Å². The number of nitrogens with one attached hydrogen (secondary N) is 1. The molecule has 2 N–H and O–H groups in total. The molecule has 1 aromatic heterocycles. The Balaban J connectivity index is 1.79. The predicted octanol–water partition coefficient (Wildman–Crippen LogP) is 4.23. The normalized spacial score (nSPS) is 17.5. The maximum Gasteiger partial charge on any atom is 0.407 e. The summed E-state index contributed by atoms with van der Waals surface area (Å²) in [6.45, 7) is 7.82. The highest BCUT2D eigenvalue weighted by Gasteiger charge is 2.37. The van der Waals surface area contributed by atoms with Crippen molar-refractivity contribution < 1.29 is 14.3 Å². The summed E-state index contributed by atoms with van der Waals surface area (Å²) in [7, 11) is 0. The Kier molecular flexibility index (Phi) is 5.60. The van der Waals surface area contributed by atoms with Crippen molar-refractivity contribution >= 4 is 34.9 Å². The molecule has 1 saturated heterocycles. The molecule has 0 saturated carbocycles. The summed E-state index contributed by atoms with van der Waals surface area (Å²) in [5, 5.41) is 12.2. The van der Waals surface area contributed by atoms with Gasteiger partial charge < -0.3 is 20.2 Å². The van der Waals surface area contributed by atoms with Crippen molar-refractivity contribution in [3.05, 3.63) is 41.6 Å². The first-order valence-corrected chi connectivity index (χ1v) is 9.32. The fraction of sp³-hybridized carbons (Fsp3) is 0.421. The minimum Gasteiger partial charge on any atom is -0.465 e. The van der Waals surface area contributed by atoms with Crippen molar-refractivity contribution in [3.8, 4) is 0 Å². The van der Waals surface area contributed by atoms with Crippen molar-refractivity contribution in [1.82, 2.24) is 14.9 Å². The van der Waals surface area contributed by atoms with Gasteiger partial charge in [0.15, 0.2) is 11.6 Å². The van der Waals surface area contributed by atoms with Crippen molar-refractivity contribution in [1.29, 1.82) is 0 Å². The monoisotopic (exact) mass is 407 g/mol. The summed E-state index contributed by atoms with van der Waals surface area (Å²) in [5.41, 5.74) is 1.54. The molecule has 1 fully saturated rings. The van der Waals surface area contributed by atoms with E-state index in [0.717, 1.165) is 11.9 Å². The van der Waals surface area contributed by atoms with Crippen LogP contribution in [0.1, 0.15) is 20.8 Å². The third kappa shape index (κ3) is 4.44. The van der Waals surface area contributed by atoms with Crippen LogP contribution in [0.15, 0.2) is 30.5 Å². The molecular formula is C19H23ClFN5O2. The van der Waals surface area contributed by atoms with Gasteiger partial charge in [0.2, 0.25) is 5.28 Å². The van der Waals surface area contributed by atoms with Gasteiger partial charge in [0.25, 0.3) is 0 Å². The van der Waals surface area contributed by atoms with E-state index in [-0.39, 0.29) is 22.6 Å². The third-order valence-corrected chi connectivity index (χ3v) is 5.01. The van der Waals surface area contributed by atoms with E-state index in [1.54, 1.807) is 0 Å². The van der Waals surface area contributed by atoms with E-state index in [9.17, 15) is 14.3 Å². The Bertz CT molecular complexity index is 856. The maximum absolute atomic E-state index is 13.8. The number of benzene rings is 1. The number of aromatic nitrogens is 2. The Hall–Kier alpha value is -2.61. The van der Waals surface area contributed by atoms with Crippen molar-refractivity contribution in [3.63, 3.8) is 0 Å². The molecule has 0 spiro atoms. The van der Waals surface area contributed by atoms with E-state index in [1.807, 2.05) is 24.3 Å². The third-order valence-electron chi connectivity index (χ3n) is 4.83. The van der Waals surface area contributed by atoms with Gasteiger partial charge in [-0.1, -0.05) is 20.8 Å². The molecule has 1 unspecified atom stereocenters. The topological polar surface area (TPSA) is 81.6 Å². The highest BCUT2D eigenvalue weighted by Crippen LogP contribution is 2.32. The largest absolute Gasteiger partial charge is 0.465 e. The van der Waals surface area contributed by atoms with Crippen LogP contribution in [0.25, 0.3) is 0 Å². The quantitative estimate of drug-likeness (QED) is 0.741. The molecule has 3 rings (SSSR count). The van der Waals surface area contributed by atoms with Gasteiger partial charge in [0, 0.05) is 31.0 Å². The lowest BCUT2D eigenvalue weighted by molar-refractivity contribution is 0.118. The number of carbonyl (C=O) groups is 1. The number of carboxylic acid groups (broad SMARTS) is 1. The number of amides is 1. The highest BCUT2D eigenvalue weighted by atomic mass is 35.5. The van der Waals surface area contributed by atoms with Gasteiger partial charge in [-0.15, -0.1) is 0 Å². The SMILES string of the molecule is CC(C)(C)C1CN(C(=O)O)CCN1c1ccc(Nc2nc(Cl)ncc2F)cc1. The van der Waals surface area contributed by atoms with E-state index in [2.05, 4.69) is 41.0 Å². The van der Waals surface area contributed by atoms with Gasteiger partial charge in [-0.2, -0.15) is 4.98 Å². The van der Waals surface area contributed by atoms with Crippen LogP contribution >= 0.6 is 11.6 Å². The second kappa shape index (κ2) is 7.79. The zero-order valence-electron chi connectivity index (χ0n) is 16.0. The van der Waals surface area contributed by atoms with Crippen LogP contribution in [0.2, 0.25) is 5.28 Å². The van der Waals surface area contributed by atoms with Gasteiger partial charge in [-0.3, -0.25) is 0 Å². The molecule has 1 aromatic carbocycles. The van der Waals surface area contributed by atoms with Crippen LogP contribution in [0.3, 0.4) is 0 Å². The second-order valence-corrected chi connectivity index (χ2v) is 8.15. The smallest absolute Gasteiger partial charge is 0.407 e. The average molecular weight is 408 g/mol. The van der Waals surface area contributed by atoms with Crippen LogP contribution in [0.4, 0.5) is 26.4 Å². The molecule has 28 heavy (non-hydrogen) atoms. The molecular weight excluding hydrogens is 385 g/mol. The summed E-state index contributed by atoms with van der Waals surface area (Å²) in [6.07, 6.45) is 0.126. The van der Waals surface area contributed by atoms with Crippen LogP contribution in [-0.2, 0) is 0 Å². The lowest BCUT2D eigenvalue weighted by Gasteiger charge is -2.47. The molecule has 7 nitrogen and oxygen atoms in total.